The van der Waals surface area contributed by atoms with Gasteiger partial charge in [-0.1, -0.05) is 39.7 Å². The number of allylic oxidation sites excluding steroid dienone is 1. The second-order valence-corrected chi connectivity index (χ2v) is 5.68. The van der Waals surface area contributed by atoms with E-state index in [1.54, 1.807) is 6.92 Å². The zero-order valence-electron chi connectivity index (χ0n) is 11.5. The smallest absolute Gasteiger partial charge is 0.214 e. The van der Waals surface area contributed by atoms with Gasteiger partial charge in [-0.05, 0) is 19.4 Å². The zero-order valence-corrected chi connectivity index (χ0v) is 11.5. The predicted octanol–water partition coefficient (Wildman–Crippen LogP) is 2.88. The molecule has 0 radical (unpaired) electrons. The van der Waals surface area contributed by atoms with Crippen LogP contribution >= 0.6 is 0 Å². The fourth-order valence-corrected chi connectivity index (χ4v) is 1.75. The maximum atomic E-state index is 9.85. The highest BCUT2D eigenvalue weighted by Crippen LogP contribution is 2.32. The summed E-state index contributed by atoms with van der Waals surface area (Å²) in [5.74, 6) is -0.941. The fraction of sp³-hybridized carbons (Fsp3) is 0.857. The van der Waals surface area contributed by atoms with Crippen LogP contribution in [-0.4, -0.2) is 30.2 Å². The number of hydrogen-bond donors (Lipinski definition) is 1. The minimum Gasteiger partial charge on any atom is -0.387 e. The van der Waals surface area contributed by atoms with Crippen molar-refractivity contribution in [3.8, 4) is 0 Å². The molecule has 100 valence electrons. The summed E-state index contributed by atoms with van der Waals surface area (Å²) in [6.07, 6.45) is 6.59. The van der Waals surface area contributed by atoms with E-state index >= 15 is 0 Å². The molecular formula is C14H26O3. The highest BCUT2D eigenvalue weighted by Gasteiger charge is 2.42. The van der Waals surface area contributed by atoms with Crippen molar-refractivity contribution in [2.45, 2.75) is 58.8 Å². The normalized spacial score (nSPS) is 25.0. The average molecular weight is 242 g/mol. The number of rotatable bonds is 5. The van der Waals surface area contributed by atoms with Crippen molar-refractivity contribution in [1.29, 1.82) is 0 Å². The molecule has 0 saturated carbocycles. The summed E-state index contributed by atoms with van der Waals surface area (Å²) in [5.41, 5.74) is 0.0235. The van der Waals surface area contributed by atoms with Gasteiger partial charge in [0.15, 0.2) is 0 Å². The standard InChI is InChI=1S/C14H26O3/c1-5-6-7-8-9-14(12(2)15)16-10-13(3,4)11-17-14/h8-9,12,15H,5-7,10-11H2,1-4H3/b9-8+/t12-/m0/s1. The molecule has 1 aliphatic rings. The summed E-state index contributed by atoms with van der Waals surface area (Å²) in [4.78, 5) is 0. The lowest BCUT2D eigenvalue weighted by atomic mass is 9.94. The Morgan fingerprint density at radius 2 is 1.88 bits per heavy atom. The highest BCUT2D eigenvalue weighted by atomic mass is 16.7. The van der Waals surface area contributed by atoms with Crippen LogP contribution in [0.25, 0.3) is 0 Å². The lowest BCUT2D eigenvalue weighted by Gasteiger charge is -2.43. The maximum absolute atomic E-state index is 9.85. The molecule has 0 amide bonds. The Hall–Kier alpha value is -0.380. The first kappa shape index (κ1) is 14.7. The zero-order chi connectivity index (χ0) is 12.9. The van der Waals surface area contributed by atoms with E-state index in [0.717, 1.165) is 12.8 Å². The molecule has 1 aliphatic heterocycles. The Morgan fingerprint density at radius 3 is 2.35 bits per heavy atom. The largest absolute Gasteiger partial charge is 0.387 e. The van der Waals surface area contributed by atoms with Gasteiger partial charge >= 0.3 is 0 Å². The molecule has 1 heterocycles. The van der Waals surface area contributed by atoms with Crippen LogP contribution in [0.5, 0.6) is 0 Å². The van der Waals surface area contributed by atoms with Crippen LogP contribution in [0.3, 0.4) is 0 Å². The summed E-state index contributed by atoms with van der Waals surface area (Å²) >= 11 is 0. The third kappa shape index (κ3) is 4.09. The van der Waals surface area contributed by atoms with Crippen molar-refractivity contribution in [2.75, 3.05) is 13.2 Å². The van der Waals surface area contributed by atoms with Crippen LogP contribution in [0.2, 0.25) is 0 Å². The van der Waals surface area contributed by atoms with Crippen LogP contribution in [0.1, 0.15) is 47.0 Å². The molecule has 0 aromatic rings. The number of ether oxygens (including phenoxy) is 2. The Morgan fingerprint density at radius 1 is 1.29 bits per heavy atom. The van der Waals surface area contributed by atoms with E-state index in [0.29, 0.717) is 13.2 Å². The van der Waals surface area contributed by atoms with Crippen molar-refractivity contribution in [1.82, 2.24) is 0 Å². The van der Waals surface area contributed by atoms with Crippen LogP contribution in [-0.2, 0) is 9.47 Å². The summed E-state index contributed by atoms with van der Waals surface area (Å²) in [7, 11) is 0. The van der Waals surface area contributed by atoms with E-state index in [-0.39, 0.29) is 5.41 Å². The van der Waals surface area contributed by atoms with E-state index in [1.165, 1.54) is 6.42 Å². The van der Waals surface area contributed by atoms with Crippen LogP contribution < -0.4 is 0 Å². The number of aliphatic hydroxyl groups excluding tert-OH is 1. The lowest BCUT2D eigenvalue weighted by molar-refractivity contribution is -0.304. The summed E-state index contributed by atoms with van der Waals surface area (Å²) in [6, 6.07) is 0. The predicted molar refractivity (Wildman–Crippen MR) is 68.8 cm³/mol. The monoisotopic (exact) mass is 242 g/mol. The Labute approximate surface area is 105 Å². The van der Waals surface area contributed by atoms with E-state index in [4.69, 9.17) is 9.47 Å². The van der Waals surface area contributed by atoms with Crippen molar-refractivity contribution >= 4 is 0 Å². The van der Waals surface area contributed by atoms with Crippen molar-refractivity contribution in [3.63, 3.8) is 0 Å². The van der Waals surface area contributed by atoms with E-state index in [9.17, 15) is 5.11 Å². The van der Waals surface area contributed by atoms with Crippen molar-refractivity contribution in [3.05, 3.63) is 12.2 Å². The molecule has 0 aromatic carbocycles. The third-order valence-electron chi connectivity index (χ3n) is 3.03. The number of unbranched alkanes of at least 4 members (excludes halogenated alkanes) is 2. The van der Waals surface area contributed by atoms with Gasteiger partial charge in [0.05, 0.1) is 13.2 Å². The van der Waals surface area contributed by atoms with Gasteiger partial charge in [-0.2, -0.15) is 0 Å². The molecule has 1 fully saturated rings. The van der Waals surface area contributed by atoms with Gasteiger partial charge in [0.25, 0.3) is 0 Å². The quantitative estimate of drug-likeness (QED) is 0.595. The van der Waals surface area contributed by atoms with Gasteiger partial charge in [-0.15, -0.1) is 0 Å². The fourth-order valence-electron chi connectivity index (χ4n) is 1.75. The van der Waals surface area contributed by atoms with Crippen molar-refractivity contribution < 1.29 is 14.6 Å². The van der Waals surface area contributed by atoms with Gasteiger partial charge < -0.3 is 14.6 Å². The SMILES string of the molecule is CCCC/C=C/C1([C@H](C)O)OCC(C)(C)CO1. The summed E-state index contributed by atoms with van der Waals surface area (Å²) in [5, 5.41) is 9.85. The average Bonchev–Trinajstić information content (AvgIpc) is 2.26. The van der Waals surface area contributed by atoms with Crippen LogP contribution in [0.15, 0.2) is 12.2 Å². The Kier molecular flexibility index (Phi) is 5.17. The minimum absolute atomic E-state index is 0.0235. The van der Waals surface area contributed by atoms with Gasteiger partial charge in [-0.25, -0.2) is 0 Å². The molecule has 0 bridgehead atoms. The molecule has 1 saturated heterocycles. The minimum atomic E-state index is -0.941. The maximum Gasteiger partial charge on any atom is 0.214 e. The second-order valence-electron chi connectivity index (χ2n) is 5.68. The first-order valence-corrected chi connectivity index (χ1v) is 6.55. The first-order valence-electron chi connectivity index (χ1n) is 6.55. The molecule has 1 rings (SSSR count). The molecule has 0 aliphatic carbocycles. The molecule has 1 atom stereocenters. The topological polar surface area (TPSA) is 38.7 Å². The Bertz CT molecular complexity index is 246. The van der Waals surface area contributed by atoms with Gasteiger partial charge in [0, 0.05) is 5.41 Å². The Balaban J connectivity index is 2.62. The van der Waals surface area contributed by atoms with Gasteiger partial charge in [0.1, 0.15) is 6.10 Å². The molecule has 0 aromatic heterocycles. The molecular weight excluding hydrogens is 216 g/mol. The molecule has 0 spiro atoms. The van der Waals surface area contributed by atoms with Crippen LogP contribution in [0.4, 0.5) is 0 Å². The molecule has 3 nitrogen and oxygen atoms in total. The summed E-state index contributed by atoms with van der Waals surface area (Å²) < 4.78 is 11.5. The van der Waals surface area contributed by atoms with Gasteiger partial charge in [-0.3, -0.25) is 0 Å². The van der Waals surface area contributed by atoms with Gasteiger partial charge in [0.2, 0.25) is 5.79 Å². The first-order chi connectivity index (χ1) is 7.92. The van der Waals surface area contributed by atoms with Crippen LogP contribution in [0, 0.1) is 5.41 Å². The third-order valence-corrected chi connectivity index (χ3v) is 3.03. The van der Waals surface area contributed by atoms with E-state index in [2.05, 4.69) is 26.8 Å². The highest BCUT2D eigenvalue weighted by molar-refractivity contribution is 5.01. The van der Waals surface area contributed by atoms with E-state index in [1.807, 2.05) is 6.08 Å². The molecule has 17 heavy (non-hydrogen) atoms. The number of hydrogen-bond acceptors (Lipinski definition) is 3. The molecule has 3 heteroatoms. The molecule has 1 N–H and O–H groups in total. The lowest BCUT2D eigenvalue weighted by Crippen LogP contribution is -2.52. The second kappa shape index (κ2) is 5.98. The van der Waals surface area contributed by atoms with E-state index < -0.39 is 11.9 Å². The number of aliphatic hydroxyl groups is 1. The van der Waals surface area contributed by atoms with Crippen molar-refractivity contribution in [2.24, 2.45) is 5.41 Å². The molecule has 0 unspecified atom stereocenters. The summed E-state index contributed by atoms with van der Waals surface area (Å²) in [6.45, 7) is 9.28.